The van der Waals surface area contributed by atoms with Gasteiger partial charge in [-0.2, -0.15) is 5.26 Å². The SMILES string of the molecule is CNC(SC)=C(C#N)S(=O)(=O)c1ccc(Cl)cc1. The molecular weight excluding hydrogens is 292 g/mol. The number of allylic oxidation sites excluding steroid dienone is 1. The van der Waals surface area contributed by atoms with Gasteiger partial charge in [-0.3, -0.25) is 0 Å². The van der Waals surface area contributed by atoms with Crippen LogP contribution in [0, 0.1) is 11.3 Å². The Morgan fingerprint density at radius 3 is 2.33 bits per heavy atom. The normalized spacial score (nSPS) is 12.6. The number of sulfone groups is 1. The summed E-state index contributed by atoms with van der Waals surface area (Å²) in [7, 11) is -2.24. The van der Waals surface area contributed by atoms with E-state index in [0.717, 1.165) is 0 Å². The van der Waals surface area contributed by atoms with Crippen LogP contribution in [0.3, 0.4) is 0 Å². The van der Waals surface area contributed by atoms with E-state index in [1.807, 2.05) is 0 Å². The Kier molecular flexibility index (Phi) is 5.08. The van der Waals surface area contributed by atoms with Gasteiger partial charge in [0.15, 0.2) is 4.91 Å². The summed E-state index contributed by atoms with van der Waals surface area (Å²) in [4.78, 5) is -0.245. The van der Waals surface area contributed by atoms with Gasteiger partial charge in [0, 0.05) is 12.1 Å². The molecule has 0 aliphatic carbocycles. The summed E-state index contributed by atoms with van der Waals surface area (Å²) in [6.45, 7) is 0. The van der Waals surface area contributed by atoms with Gasteiger partial charge in [0.25, 0.3) is 0 Å². The van der Waals surface area contributed by atoms with Crippen LogP contribution in [0.4, 0.5) is 0 Å². The molecule has 0 aliphatic heterocycles. The molecule has 0 radical (unpaired) electrons. The number of nitriles is 1. The van der Waals surface area contributed by atoms with Gasteiger partial charge in [-0.1, -0.05) is 11.6 Å². The van der Waals surface area contributed by atoms with Crippen LogP contribution in [0.15, 0.2) is 39.1 Å². The van der Waals surface area contributed by atoms with Gasteiger partial charge in [-0.05, 0) is 30.5 Å². The summed E-state index contributed by atoms with van der Waals surface area (Å²) in [6, 6.07) is 7.44. The molecule has 1 rings (SSSR count). The van der Waals surface area contributed by atoms with Gasteiger partial charge in [0.1, 0.15) is 6.07 Å². The Hall–Kier alpha value is -1.16. The molecule has 0 amide bonds. The van der Waals surface area contributed by atoms with Crippen molar-refractivity contribution in [3.8, 4) is 6.07 Å². The van der Waals surface area contributed by atoms with Gasteiger partial charge >= 0.3 is 0 Å². The molecule has 0 aliphatic rings. The molecule has 4 nitrogen and oxygen atoms in total. The third-order valence-electron chi connectivity index (χ3n) is 2.13. The number of thioether (sulfide) groups is 1. The standard InChI is InChI=1S/C11H11ClN2O2S2/c1-14-11(17-2)10(7-13)18(15,16)9-5-3-8(12)4-6-9/h3-6,14H,1-2H3. The summed E-state index contributed by atoms with van der Waals surface area (Å²) in [5.74, 6) is 0. The lowest BCUT2D eigenvalue weighted by atomic mass is 10.4. The number of halogens is 1. The number of hydrogen-bond donors (Lipinski definition) is 1. The molecule has 7 heteroatoms. The molecule has 0 aromatic heterocycles. The second-order valence-corrected chi connectivity index (χ2v) is 6.32. The van der Waals surface area contributed by atoms with Crippen LogP contribution >= 0.6 is 23.4 Å². The summed E-state index contributed by atoms with van der Waals surface area (Å²) in [5, 5.41) is 12.5. The van der Waals surface area contributed by atoms with Crippen LogP contribution in [-0.4, -0.2) is 21.7 Å². The second-order valence-electron chi connectivity index (χ2n) is 3.18. The van der Waals surface area contributed by atoms with E-state index in [9.17, 15) is 8.42 Å². The van der Waals surface area contributed by atoms with E-state index in [0.29, 0.717) is 10.1 Å². The fourth-order valence-electron chi connectivity index (χ4n) is 1.27. The molecule has 0 atom stereocenters. The first-order chi connectivity index (χ1) is 8.47. The highest BCUT2D eigenvalue weighted by Crippen LogP contribution is 2.25. The highest BCUT2D eigenvalue weighted by Gasteiger charge is 2.24. The van der Waals surface area contributed by atoms with Crippen LogP contribution in [0.1, 0.15) is 0 Å². The average molecular weight is 303 g/mol. The summed E-state index contributed by atoms with van der Waals surface area (Å²) >= 11 is 6.87. The minimum absolute atomic E-state index is 0.0465. The third kappa shape index (κ3) is 2.99. The quantitative estimate of drug-likeness (QED) is 0.865. The summed E-state index contributed by atoms with van der Waals surface area (Å²) in [6.07, 6.45) is 1.69. The van der Waals surface area contributed by atoms with Crippen LogP contribution in [0.2, 0.25) is 5.02 Å². The van der Waals surface area contributed by atoms with E-state index in [4.69, 9.17) is 16.9 Å². The predicted molar refractivity (Wildman–Crippen MR) is 73.9 cm³/mol. The number of nitrogens with zero attached hydrogens (tertiary/aromatic N) is 1. The third-order valence-corrected chi connectivity index (χ3v) is 5.05. The fourth-order valence-corrected chi connectivity index (χ4v) is 3.61. The van der Waals surface area contributed by atoms with Gasteiger partial charge in [-0.25, -0.2) is 8.42 Å². The zero-order chi connectivity index (χ0) is 13.8. The lowest BCUT2D eigenvalue weighted by Crippen LogP contribution is -2.12. The van der Waals surface area contributed by atoms with Gasteiger partial charge in [-0.15, -0.1) is 11.8 Å². The van der Waals surface area contributed by atoms with E-state index < -0.39 is 9.84 Å². The van der Waals surface area contributed by atoms with Crippen molar-refractivity contribution in [3.05, 3.63) is 39.2 Å². The topological polar surface area (TPSA) is 70.0 Å². The Morgan fingerprint density at radius 2 is 1.94 bits per heavy atom. The highest BCUT2D eigenvalue weighted by atomic mass is 35.5. The average Bonchev–Trinajstić information content (AvgIpc) is 2.35. The van der Waals surface area contributed by atoms with Crippen LogP contribution in [-0.2, 0) is 9.84 Å². The minimum atomic E-state index is -3.81. The van der Waals surface area contributed by atoms with E-state index in [1.54, 1.807) is 19.4 Å². The molecule has 0 spiro atoms. The Labute approximate surface area is 116 Å². The number of hydrogen-bond acceptors (Lipinski definition) is 5. The van der Waals surface area contributed by atoms with Crippen LogP contribution < -0.4 is 5.32 Å². The molecule has 0 unspecified atom stereocenters. The van der Waals surface area contributed by atoms with Crippen molar-refractivity contribution in [2.75, 3.05) is 13.3 Å². The first kappa shape index (κ1) is 14.9. The van der Waals surface area contributed by atoms with Gasteiger partial charge < -0.3 is 5.32 Å². The fraction of sp³-hybridized carbons (Fsp3) is 0.182. The highest BCUT2D eigenvalue weighted by molar-refractivity contribution is 8.04. The van der Waals surface area contributed by atoms with Crippen molar-refractivity contribution in [2.24, 2.45) is 0 Å². The second kappa shape index (κ2) is 6.14. The Bertz CT molecular complexity index is 595. The maximum absolute atomic E-state index is 12.3. The molecule has 0 saturated heterocycles. The number of rotatable bonds is 4. The van der Waals surface area contributed by atoms with Crippen molar-refractivity contribution >= 4 is 33.2 Å². The molecule has 0 heterocycles. The molecule has 18 heavy (non-hydrogen) atoms. The van der Waals surface area contributed by atoms with Crippen molar-refractivity contribution in [1.29, 1.82) is 5.26 Å². The lowest BCUT2D eigenvalue weighted by Gasteiger charge is -2.08. The molecule has 96 valence electrons. The zero-order valence-electron chi connectivity index (χ0n) is 9.77. The Morgan fingerprint density at radius 1 is 1.39 bits per heavy atom. The van der Waals surface area contributed by atoms with Crippen molar-refractivity contribution in [2.45, 2.75) is 4.90 Å². The monoisotopic (exact) mass is 302 g/mol. The summed E-state index contributed by atoms with van der Waals surface area (Å²) < 4.78 is 24.5. The van der Waals surface area contributed by atoms with Crippen molar-refractivity contribution in [1.82, 2.24) is 5.32 Å². The van der Waals surface area contributed by atoms with Crippen molar-refractivity contribution < 1.29 is 8.42 Å². The molecular formula is C11H11ClN2O2S2. The summed E-state index contributed by atoms with van der Waals surface area (Å²) in [5.41, 5.74) is 0. The van der Waals surface area contributed by atoms with Crippen molar-refractivity contribution in [3.63, 3.8) is 0 Å². The van der Waals surface area contributed by atoms with E-state index >= 15 is 0 Å². The molecule has 1 aromatic carbocycles. The largest absolute Gasteiger partial charge is 0.381 e. The van der Waals surface area contributed by atoms with E-state index in [2.05, 4.69) is 5.32 Å². The molecule has 0 saturated carbocycles. The smallest absolute Gasteiger partial charge is 0.219 e. The van der Waals surface area contributed by atoms with Gasteiger partial charge in [0.2, 0.25) is 9.84 Å². The minimum Gasteiger partial charge on any atom is -0.381 e. The maximum atomic E-state index is 12.3. The first-order valence-electron chi connectivity index (χ1n) is 4.84. The zero-order valence-corrected chi connectivity index (χ0v) is 12.2. The first-order valence-corrected chi connectivity index (χ1v) is 7.92. The predicted octanol–water partition coefficient (Wildman–Crippen LogP) is 2.39. The van der Waals surface area contributed by atoms with Crippen LogP contribution in [0.5, 0.6) is 0 Å². The van der Waals surface area contributed by atoms with E-state index in [1.165, 1.54) is 36.0 Å². The molecule has 1 aromatic rings. The molecule has 0 fully saturated rings. The van der Waals surface area contributed by atoms with Crippen LogP contribution in [0.25, 0.3) is 0 Å². The van der Waals surface area contributed by atoms with Gasteiger partial charge in [0.05, 0.1) is 9.92 Å². The van der Waals surface area contributed by atoms with E-state index in [-0.39, 0.29) is 9.80 Å². The maximum Gasteiger partial charge on any atom is 0.219 e. The molecule has 1 N–H and O–H groups in total. The Balaban J connectivity index is 3.42. The number of benzene rings is 1. The number of nitrogens with one attached hydrogen (secondary N) is 1. The lowest BCUT2D eigenvalue weighted by molar-refractivity contribution is 0.603. The molecule has 0 bridgehead atoms.